The predicted octanol–water partition coefficient (Wildman–Crippen LogP) is 2.74. The Labute approximate surface area is 105 Å². The van der Waals surface area contributed by atoms with E-state index in [9.17, 15) is 4.79 Å². The molecular weight excluding hydrogens is 307 g/mol. The molecule has 1 aromatic rings. The number of aliphatic carboxylic acids is 1. The lowest BCUT2D eigenvalue weighted by Gasteiger charge is -2.09. The number of hydrogen-bond acceptors (Lipinski definition) is 2. The van der Waals surface area contributed by atoms with Gasteiger partial charge in [-0.2, -0.15) is 0 Å². The summed E-state index contributed by atoms with van der Waals surface area (Å²) in [4.78, 5) is 10.4. The maximum Gasteiger partial charge on any atom is 0.332 e. The number of aliphatic hydroxyl groups excluding tert-OH is 1. The van der Waals surface area contributed by atoms with Crippen LogP contribution in [0.3, 0.4) is 0 Å². The predicted molar refractivity (Wildman–Crippen MR) is 61.5 cm³/mol. The molecule has 0 saturated carbocycles. The van der Waals surface area contributed by atoms with Crippen LogP contribution in [0.1, 0.15) is 5.56 Å². The van der Waals surface area contributed by atoms with E-state index < -0.39 is 12.1 Å². The molecule has 82 valence electrons. The Hall–Kier alpha value is -0.290. The summed E-state index contributed by atoms with van der Waals surface area (Å²) in [5.74, 6) is -1.30. The zero-order valence-electron chi connectivity index (χ0n) is 7.38. The fourth-order valence-electron chi connectivity index (χ4n) is 1.05. The van der Waals surface area contributed by atoms with Crippen LogP contribution in [0.25, 0.3) is 0 Å². The Morgan fingerprint density at radius 1 is 1.40 bits per heavy atom. The Kier molecular flexibility index (Phi) is 4.40. The highest BCUT2D eigenvalue weighted by Crippen LogP contribution is 2.30. The lowest BCUT2D eigenvalue weighted by Crippen LogP contribution is -2.22. The summed E-state index contributed by atoms with van der Waals surface area (Å²) in [5.41, 5.74) is 0.427. The Bertz CT molecular complexity index is 372. The summed E-state index contributed by atoms with van der Waals surface area (Å²) in [6.45, 7) is 0. The zero-order chi connectivity index (χ0) is 11.6. The first-order chi connectivity index (χ1) is 6.91. The summed E-state index contributed by atoms with van der Waals surface area (Å²) >= 11 is 14.9. The van der Waals surface area contributed by atoms with E-state index in [0.717, 1.165) is 0 Å². The minimum absolute atomic E-state index is 0.111. The molecule has 6 heteroatoms. The number of hydrogen-bond donors (Lipinski definition) is 2. The first-order valence-corrected chi connectivity index (χ1v) is 5.51. The van der Waals surface area contributed by atoms with Crippen LogP contribution in [0.15, 0.2) is 16.6 Å². The number of rotatable bonds is 3. The van der Waals surface area contributed by atoms with Gasteiger partial charge in [-0.1, -0.05) is 39.1 Å². The van der Waals surface area contributed by atoms with Crippen molar-refractivity contribution in [3.05, 3.63) is 32.2 Å². The molecule has 1 unspecified atom stereocenters. The second-order valence-corrected chi connectivity index (χ2v) is 4.64. The molecule has 2 N–H and O–H groups in total. The SMILES string of the molecule is O=C(O)C(O)Cc1c(Cl)cc(Br)cc1Cl. The highest BCUT2D eigenvalue weighted by molar-refractivity contribution is 9.10. The summed E-state index contributed by atoms with van der Waals surface area (Å²) < 4.78 is 0.700. The van der Waals surface area contributed by atoms with Gasteiger partial charge < -0.3 is 10.2 Å². The highest BCUT2D eigenvalue weighted by Gasteiger charge is 2.18. The van der Waals surface area contributed by atoms with Crippen LogP contribution in [0.4, 0.5) is 0 Å². The summed E-state index contributed by atoms with van der Waals surface area (Å²) in [5, 5.41) is 18.4. The maximum absolute atomic E-state index is 10.4. The van der Waals surface area contributed by atoms with E-state index >= 15 is 0 Å². The van der Waals surface area contributed by atoms with Gasteiger partial charge in [-0.15, -0.1) is 0 Å². The quantitative estimate of drug-likeness (QED) is 0.902. The molecule has 0 bridgehead atoms. The molecular formula is C9H7BrCl2O3. The molecule has 15 heavy (non-hydrogen) atoms. The molecule has 0 heterocycles. The first kappa shape index (κ1) is 12.8. The molecule has 0 fully saturated rings. The molecule has 0 saturated heterocycles. The summed E-state index contributed by atoms with van der Waals surface area (Å²) in [7, 11) is 0. The molecule has 0 aliphatic carbocycles. The lowest BCUT2D eigenvalue weighted by atomic mass is 10.1. The molecule has 1 rings (SSSR count). The van der Waals surface area contributed by atoms with Crippen molar-refractivity contribution in [3.8, 4) is 0 Å². The summed E-state index contributed by atoms with van der Waals surface area (Å²) in [6.07, 6.45) is -1.61. The van der Waals surface area contributed by atoms with Crippen LogP contribution in [0, 0.1) is 0 Å². The van der Waals surface area contributed by atoms with E-state index in [1.165, 1.54) is 0 Å². The molecule has 1 aromatic carbocycles. The second kappa shape index (κ2) is 5.16. The third-order valence-corrected chi connectivity index (χ3v) is 2.92. The Morgan fingerprint density at radius 3 is 2.27 bits per heavy atom. The van der Waals surface area contributed by atoms with E-state index in [1.54, 1.807) is 12.1 Å². The number of carboxylic acid groups (broad SMARTS) is 1. The van der Waals surface area contributed by atoms with Gasteiger partial charge in [-0.3, -0.25) is 0 Å². The normalized spacial score (nSPS) is 12.5. The van der Waals surface area contributed by atoms with Crippen LogP contribution < -0.4 is 0 Å². The van der Waals surface area contributed by atoms with E-state index in [-0.39, 0.29) is 6.42 Å². The fraction of sp³-hybridized carbons (Fsp3) is 0.222. The number of carbonyl (C=O) groups is 1. The van der Waals surface area contributed by atoms with Crippen molar-refractivity contribution in [2.45, 2.75) is 12.5 Å². The number of halogens is 3. The largest absolute Gasteiger partial charge is 0.479 e. The van der Waals surface area contributed by atoms with Gasteiger partial charge in [0.2, 0.25) is 0 Å². The third-order valence-electron chi connectivity index (χ3n) is 1.79. The number of carboxylic acids is 1. The first-order valence-electron chi connectivity index (χ1n) is 3.96. The van der Waals surface area contributed by atoms with Crippen molar-refractivity contribution in [2.75, 3.05) is 0 Å². The van der Waals surface area contributed by atoms with Crippen LogP contribution >= 0.6 is 39.1 Å². The van der Waals surface area contributed by atoms with Crippen LogP contribution in [0.5, 0.6) is 0 Å². The average Bonchev–Trinajstić information content (AvgIpc) is 2.10. The molecule has 1 atom stereocenters. The fourth-order valence-corrected chi connectivity index (χ4v) is 2.41. The van der Waals surface area contributed by atoms with Crippen molar-refractivity contribution >= 4 is 45.1 Å². The molecule has 3 nitrogen and oxygen atoms in total. The minimum Gasteiger partial charge on any atom is -0.479 e. The maximum atomic E-state index is 10.4. The average molecular weight is 314 g/mol. The molecule has 0 aliphatic rings. The minimum atomic E-state index is -1.50. The zero-order valence-corrected chi connectivity index (χ0v) is 10.5. The van der Waals surface area contributed by atoms with Gasteiger partial charge in [0.05, 0.1) is 0 Å². The number of aliphatic hydroxyl groups is 1. The van der Waals surface area contributed by atoms with Crippen molar-refractivity contribution in [3.63, 3.8) is 0 Å². The smallest absolute Gasteiger partial charge is 0.332 e. The van der Waals surface area contributed by atoms with Gasteiger partial charge >= 0.3 is 5.97 Å². The second-order valence-electron chi connectivity index (χ2n) is 2.91. The topological polar surface area (TPSA) is 57.5 Å². The van der Waals surface area contributed by atoms with Gasteiger partial charge in [0.1, 0.15) is 0 Å². The number of benzene rings is 1. The van der Waals surface area contributed by atoms with Gasteiger partial charge in [0.25, 0.3) is 0 Å². The summed E-state index contributed by atoms with van der Waals surface area (Å²) in [6, 6.07) is 3.19. The monoisotopic (exact) mass is 312 g/mol. The van der Waals surface area contributed by atoms with Gasteiger partial charge in [-0.05, 0) is 17.7 Å². The van der Waals surface area contributed by atoms with E-state index in [2.05, 4.69) is 15.9 Å². The van der Waals surface area contributed by atoms with Crippen molar-refractivity contribution in [2.24, 2.45) is 0 Å². The lowest BCUT2D eigenvalue weighted by molar-refractivity contribution is -0.146. The van der Waals surface area contributed by atoms with Gasteiger partial charge in [0.15, 0.2) is 6.10 Å². The van der Waals surface area contributed by atoms with E-state index in [0.29, 0.717) is 20.1 Å². The van der Waals surface area contributed by atoms with Crippen LogP contribution in [0.2, 0.25) is 10.0 Å². The molecule has 0 spiro atoms. The third kappa shape index (κ3) is 3.34. The van der Waals surface area contributed by atoms with Gasteiger partial charge in [-0.25, -0.2) is 4.79 Å². The Morgan fingerprint density at radius 2 is 1.87 bits per heavy atom. The molecule has 0 radical (unpaired) electrons. The van der Waals surface area contributed by atoms with Crippen molar-refractivity contribution in [1.29, 1.82) is 0 Å². The van der Waals surface area contributed by atoms with Crippen molar-refractivity contribution in [1.82, 2.24) is 0 Å². The Balaban J connectivity index is 3.00. The van der Waals surface area contributed by atoms with E-state index in [1.807, 2.05) is 0 Å². The van der Waals surface area contributed by atoms with Crippen LogP contribution in [-0.2, 0) is 11.2 Å². The van der Waals surface area contributed by atoms with E-state index in [4.69, 9.17) is 33.4 Å². The van der Waals surface area contributed by atoms with Crippen molar-refractivity contribution < 1.29 is 15.0 Å². The van der Waals surface area contributed by atoms with Gasteiger partial charge in [0, 0.05) is 20.9 Å². The van der Waals surface area contributed by atoms with Crippen LogP contribution in [-0.4, -0.2) is 22.3 Å². The highest BCUT2D eigenvalue weighted by atomic mass is 79.9. The molecule has 0 aliphatic heterocycles. The molecule has 0 amide bonds. The standard InChI is InChI=1S/C9H7BrCl2O3/c10-4-1-6(11)5(7(12)2-4)3-8(13)9(14)15/h1-2,8,13H,3H2,(H,14,15). The molecule has 0 aromatic heterocycles.